The third kappa shape index (κ3) is 3.61. The van der Waals surface area contributed by atoms with Crippen LogP contribution in [0.1, 0.15) is 17.3 Å². The molecule has 0 aliphatic rings. The van der Waals surface area contributed by atoms with Crippen molar-refractivity contribution in [2.75, 3.05) is 11.9 Å². The summed E-state index contributed by atoms with van der Waals surface area (Å²) < 4.78 is 7.00. The number of anilines is 1. The maximum absolute atomic E-state index is 12.2. The summed E-state index contributed by atoms with van der Waals surface area (Å²) in [5.41, 5.74) is 1.29. The van der Waals surface area contributed by atoms with Gasteiger partial charge in [0.05, 0.1) is 12.3 Å². The van der Waals surface area contributed by atoms with Crippen LogP contribution in [0.15, 0.2) is 51.4 Å². The zero-order valence-corrected chi connectivity index (χ0v) is 14.0. The summed E-state index contributed by atoms with van der Waals surface area (Å²) in [7, 11) is 0. The molecule has 2 aromatic rings. The maximum Gasteiger partial charge on any atom is 0.255 e. The zero-order chi connectivity index (χ0) is 14.5. The van der Waals surface area contributed by atoms with Crippen LogP contribution in [0.4, 0.5) is 5.69 Å². The predicted octanol–water partition coefficient (Wildman–Crippen LogP) is 4.86. The zero-order valence-electron chi connectivity index (χ0n) is 10.8. The fraction of sp³-hybridized carbons (Fsp3) is 0.133. The van der Waals surface area contributed by atoms with Crippen molar-refractivity contribution >= 4 is 43.5 Å². The number of nitrogens with one attached hydrogen (secondary N) is 1. The highest BCUT2D eigenvalue weighted by Gasteiger charge is 2.10. The van der Waals surface area contributed by atoms with Crippen LogP contribution in [0.3, 0.4) is 0 Å². The molecule has 0 aliphatic heterocycles. The number of amides is 1. The third-order valence-corrected chi connectivity index (χ3v) is 3.95. The highest BCUT2D eigenvalue weighted by Crippen LogP contribution is 2.30. The monoisotopic (exact) mass is 397 g/mol. The second-order valence-electron chi connectivity index (χ2n) is 4.01. The number of ether oxygens (including phenoxy) is 1. The van der Waals surface area contributed by atoms with Gasteiger partial charge < -0.3 is 10.1 Å². The first-order valence-electron chi connectivity index (χ1n) is 6.10. The van der Waals surface area contributed by atoms with Crippen molar-refractivity contribution in [3.63, 3.8) is 0 Å². The molecule has 0 unspecified atom stereocenters. The highest BCUT2D eigenvalue weighted by atomic mass is 79.9. The number of benzene rings is 2. The minimum Gasteiger partial charge on any atom is -0.494 e. The Balaban J connectivity index is 2.16. The number of hydrogen-bond donors (Lipinski definition) is 1. The van der Waals surface area contributed by atoms with Crippen LogP contribution < -0.4 is 10.1 Å². The van der Waals surface area contributed by atoms with Crippen molar-refractivity contribution in [2.24, 2.45) is 0 Å². The number of halogens is 2. The van der Waals surface area contributed by atoms with E-state index in [0.717, 1.165) is 14.7 Å². The molecular formula is C15H13Br2NO2. The molecule has 0 atom stereocenters. The molecule has 0 saturated heterocycles. The van der Waals surface area contributed by atoms with E-state index in [1.165, 1.54) is 0 Å². The molecule has 104 valence electrons. The summed E-state index contributed by atoms with van der Waals surface area (Å²) in [5, 5.41) is 2.87. The molecular weight excluding hydrogens is 386 g/mol. The Morgan fingerprint density at radius 3 is 2.25 bits per heavy atom. The van der Waals surface area contributed by atoms with Gasteiger partial charge in [0.2, 0.25) is 0 Å². The van der Waals surface area contributed by atoms with Crippen molar-refractivity contribution in [3.05, 3.63) is 57.0 Å². The molecule has 0 aliphatic carbocycles. The molecule has 2 rings (SSSR count). The Morgan fingerprint density at radius 1 is 1.10 bits per heavy atom. The van der Waals surface area contributed by atoms with Crippen molar-refractivity contribution in [1.82, 2.24) is 0 Å². The van der Waals surface area contributed by atoms with E-state index < -0.39 is 0 Å². The van der Waals surface area contributed by atoms with E-state index in [-0.39, 0.29) is 5.91 Å². The van der Waals surface area contributed by atoms with Crippen LogP contribution in [0.25, 0.3) is 0 Å². The molecule has 1 N–H and O–H groups in total. The Labute approximate surface area is 134 Å². The second kappa shape index (κ2) is 6.90. The molecule has 5 heteroatoms. The van der Waals surface area contributed by atoms with E-state index in [0.29, 0.717) is 17.9 Å². The molecule has 0 spiro atoms. The van der Waals surface area contributed by atoms with Crippen LogP contribution in [0.5, 0.6) is 5.75 Å². The molecule has 0 heterocycles. The Kier molecular flexibility index (Phi) is 5.20. The number of para-hydroxylation sites is 1. The van der Waals surface area contributed by atoms with E-state index in [4.69, 9.17) is 4.74 Å². The molecule has 0 bridgehead atoms. The summed E-state index contributed by atoms with van der Waals surface area (Å²) in [6.45, 7) is 2.53. The lowest BCUT2D eigenvalue weighted by molar-refractivity contribution is 0.102. The number of hydrogen-bond acceptors (Lipinski definition) is 2. The Morgan fingerprint density at radius 2 is 1.70 bits per heavy atom. The lowest BCUT2D eigenvalue weighted by Crippen LogP contribution is -2.12. The lowest BCUT2D eigenvalue weighted by Gasteiger charge is -2.10. The van der Waals surface area contributed by atoms with Crippen LogP contribution >= 0.6 is 31.9 Å². The van der Waals surface area contributed by atoms with Gasteiger partial charge in [-0.2, -0.15) is 0 Å². The van der Waals surface area contributed by atoms with Crippen LogP contribution in [0, 0.1) is 0 Å². The smallest absolute Gasteiger partial charge is 0.255 e. The van der Waals surface area contributed by atoms with Gasteiger partial charge in [0, 0.05) is 14.5 Å². The van der Waals surface area contributed by atoms with Crippen molar-refractivity contribution in [2.45, 2.75) is 6.92 Å². The standard InChI is InChI=1S/C15H13Br2NO2/c1-2-20-11-8-6-10(7-9-11)15(19)18-14-12(16)4-3-5-13(14)17/h3-9H,2H2,1H3,(H,18,19). The van der Waals surface area contributed by atoms with E-state index >= 15 is 0 Å². The summed E-state index contributed by atoms with van der Waals surface area (Å²) in [5.74, 6) is 0.590. The molecule has 0 aromatic heterocycles. The van der Waals surface area contributed by atoms with Gasteiger partial charge in [-0.05, 0) is 75.2 Å². The summed E-state index contributed by atoms with van der Waals surface area (Å²) in [6, 6.07) is 12.7. The number of rotatable bonds is 4. The van der Waals surface area contributed by atoms with Gasteiger partial charge >= 0.3 is 0 Å². The van der Waals surface area contributed by atoms with E-state index in [1.807, 2.05) is 25.1 Å². The average molecular weight is 399 g/mol. The van der Waals surface area contributed by atoms with Gasteiger partial charge in [0.25, 0.3) is 5.91 Å². The molecule has 0 saturated carbocycles. The molecule has 1 amide bonds. The van der Waals surface area contributed by atoms with Gasteiger partial charge in [0.15, 0.2) is 0 Å². The minimum atomic E-state index is -0.166. The van der Waals surface area contributed by atoms with Crippen LogP contribution in [-0.4, -0.2) is 12.5 Å². The Hall–Kier alpha value is -1.33. The molecule has 3 nitrogen and oxygen atoms in total. The molecule has 0 radical (unpaired) electrons. The van der Waals surface area contributed by atoms with Gasteiger partial charge in [-0.25, -0.2) is 0 Å². The van der Waals surface area contributed by atoms with Gasteiger partial charge in [0.1, 0.15) is 5.75 Å². The predicted molar refractivity (Wildman–Crippen MR) is 87.4 cm³/mol. The van der Waals surface area contributed by atoms with Gasteiger partial charge in [-0.1, -0.05) is 6.07 Å². The summed E-state index contributed by atoms with van der Waals surface area (Å²) in [6.07, 6.45) is 0. The van der Waals surface area contributed by atoms with E-state index in [2.05, 4.69) is 37.2 Å². The quantitative estimate of drug-likeness (QED) is 0.798. The van der Waals surface area contributed by atoms with Crippen molar-refractivity contribution in [1.29, 1.82) is 0 Å². The third-order valence-electron chi connectivity index (χ3n) is 2.63. The molecule has 0 fully saturated rings. The van der Waals surface area contributed by atoms with Crippen molar-refractivity contribution in [3.8, 4) is 5.75 Å². The first kappa shape index (κ1) is 15.1. The fourth-order valence-electron chi connectivity index (χ4n) is 1.67. The van der Waals surface area contributed by atoms with E-state index in [1.54, 1.807) is 24.3 Å². The van der Waals surface area contributed by atoms with Crippen LogP contribution in [-0.2, 0) is 0 Å². The van der Waals surface area contributed by atoms with Crippen LogP contribution in [0.2, 0.25) is 0 Å². The first-order valence-corrected chi connectivity index (χ1v) is 7.68. The average Bonchev–Trinajstić information content (AvgIpc) is 2.44. The second-order valence-corrected chi connectivity index (χ2v) is 5.72. The minimum absolute atomic E-state index is 0.166. The first-order chi connectivity index (χ1) is 9.61. The molecule has 2 aromatic carbocycles. The number of carbonyl (C=O) groups is 1. The largest absolute Gasteiger partial charge is 0.494 e. The topological polar surface area (TPSA) is 38.3 Å². The maximum atomic E-state index is 12.2. The van der Waals surface area contributed by atoms with Gasteiger partial charge in [-0.3, -0.25) is 4.79 Å². The lowest BCUT2D eigenvalue weighted by atomic mass is 10.2. The van der Waals surface area contributed by atoms with E-state index in [9.17, 15) is 4.79 Å². The number of carbonyl (C=O) groups excluding carboxylic acids is 1. The SMILES string of the molecule is CCOc1ccc(C(=O)Nc2c(Br)cccc2Br)cc1. The molecule has 20 heavy (non-hydrogen) atoms. The summed E-state index contributed by atoms with van der Waals surface area (Å²) >= 11 is 6.83. The van der Waals surface area contributed by atoms with Crippen molar-refractivity contribution < 1.29 is 9.53 Å². The fourth-order valence-corrected chi connectivity index (χ4v) is 2.87. The Bertz CT molecular complexity index is 592. The highest BCUT2D eigenvalue weighted by molar-refractivity contribution is 9.11. The van der Waals surface area contributed by atoms with Gasteiger partial charge in [-0.15, -0.1) is 0 Å². The summed E-state index contributed by atoms with van der Waals surface area (Å²) in [4.78, 5) is 12.2. The normalized spacial score (nSPS) is 10.2.